The molecule has 0 amide bonds. The number of halogens is 1. The van der Waals surface area contributed by atoms with E-state index in [4.69, 9.17) is 0 Å². The zero-order valence-electron chi connectivity index (χ0n) is 9.51. The van der Waals surface area contributed by atoms with Crippen molar-refractivity contribution in [2.45, 2.75) is 31.5 Å². The maximum atomic E-state index is 3.71. The van der Waals surface area contributed by atoms with Crippen LogP contribution < -0.4 is 0 Å². The molecule has 0 radical (unpaired) electrons. The zero-order chi connectivity index (χ0) is 10.4. The van der Waals surface area contributed by atoms with E-state index < -0.39 is 0 Å². The number of nitrogens with zero attached hydrogens (tertiary/aromatic N) is 2. The summed E-state index contributed by atoms with van der Waals surface area (Å²) in [4.78, 5) is 5.81. The van der Waals surface area contributed by atoms with Crippen LogP contribution in [0.4, 0.5) is 0 Å². The average Bonchev–Trinajstić information content (AvgIpc) is 2.19. The summed E-state index contributed by atoms with van der Waals surface area (Å²) < 4.78 is 0. The Labute approximate surface area is 96.8 Å². The van der Waals surface area contributed by atoms with Crippen LogP contribution in [0.5, 0.6) is 0 Å². The van der Waals surface area contributed by atoms with E-state index >= 15 is 0 Å². The molecular weight excluding hydrogens is 240 g/mol. The Bertz CT molecular complexity index is 148. The first-order valence-electron chi connectivity index (χ1n) is 5.85. The average molecular weight is 263 g/mol. The second-order valence-corrected chi connectivity index (χ2v) is 5.36. The van der Waals surface area contributed by atoms with Crippen molar-refractivity contribution in [2.24, 2.45) is 0 Å². The number of likely N-dealkylation sites (N-methyl/N-ethyl adjacent to an activating group) is 1. The standard InChI is InChI=1S/C11H23BrN2/c1-3-13(4-2)8-9-14-7-5-6-11(12)10-14/h11H,3-10H2,1-2H3. The van der Waals surface area contributed by atoms with Gasteiger partial charge in [-0.3, -0.25) is 0 Å². The molecule has 0 N–H and O–H groups in total. The summed E-state index contributed by atoms with van der Waals surface area (Å²) in [5, 5.41) is 0. The third-order valence-corrected chi connectivity index (χ3v) is 3.82. The van der Waals surface area contributed by atoms with Gasteiger partial charge in [0, 0.05) is 24.5 Å². The normalized spacial score (nSPS) is 24.4. The van der Waals surface area contributed by atoms with Crippen LogP contribution in [0, 0.1) is 0 Å². The lowest BCUT2D eigenvalue weighted by molar-refractivity contribution is 0.193. The molecule has 2 nitrogen and oxygen atoms in total. The number of hydrogen-bond acceptors (Lipinski definition) is 2. The van der Waals surface area contributed by atoms with E-state index in [0.717, 1.165) is 4.83 Å². The van der Waals surface area contributed by atoms with Crippen LogP contribution in [0.3, 0.4) is 0 Å². The maximum absolute atomic E-state index is 3.71. The van der Waals surface area contributed by atoms with Crippen LogP contribution in [0.2, 0.25) is 0 Å². The molecular formula is C11H23BrN2. The first kappa shape index (κ1) is 12.5. The summed E-state index contributed by atoms with van der Waals surface area (Å²) in [7, 11) is 0. The molecule has 3 heteroatoms. The smallest absolute Gasteiger partial charge is 0.0273 e. The van der Waals surface area contributed by atoms with E-state index in [9.17, 15) is 0 Å². The van der Waals surface area contributed by atoms with E-state index in [1.165, 1.54) is 52.1 Å². The van der Waals surface area contributed by atoms with Gasteiger partial charge in [-0.25, -0.2) is 0 Å². The van der Waals surface area contributed by atoms with Crippen LogP contribution in [0.15, 0.2) is 0 Å². The summed E-state index contributed by atoms with van der Waals surface area (Å²) in [6, 6.07) is 0. The topological polar surface area (TPSA) is 6.48 Å². The second-order valence-electron chi connectivity index (χ2n) is 4.07. The second kappa shape index (κ2) is 6.81. The van der Waals surface area contributed by atoms with Gasteiger partial charge in [0.25, 0.3) is 0 Å². The Morgan fingerprint density at radius 1 is 1.36 bits per heavy atom. The molecule has 1 unspecified atom stereocenters. The highest BCUT2D eigenvalue weighted by atomic mass is 79.9. The molecule has 1 atom stereocenters. The summed E-state index contributed by atoms with van der Waals surface area (Å²) in [5.41, 5.74) is 0. The minimum Gasteiger partial charge on any atom is -0.303 e. The molecule has 0 aromatic carbocycles. The number of piperidine rings is 1. The molecule has 1 aliphatic rings. The van der Waals surface area contributed by atoms with Gasteiger partial charge in [-0.1, -0.05) is 29.8 Å². The van der Waals surface area contributed by atoms with Crippen molar-refractivity contribution in [3.8, 4) is 0 Å². The third-order valence-electron chi connectivity index (χ3n) is 3.07. The van der Waals surface area contributed by atoms with Crippen molar-refractivity contribution < 1.29 is 0 Å². The molecule has 0 aromatic rings. The summed E-state index contributed by atoms with van der Waals surface area (Å²) in [5.74, 6) is 0. The van der Waals surface area contributed by atoms with Crippen molar-refractivity contribution in [3.63, 3.8) is 0 Å². The Hall–Kier alpha value is 0.400. The third kappa shape index (κ3) is 4.28. The fraction of sp³-hybridized carbons (Fsp3) is 1.00. The van der Waals surface area contributed by atoms with Gasteiger partial charge >= 0.3 is 0 Å². The predicted molar refractivity (Wildman–Crippen MR) is 66.2 cm³/mol. The highest BCUT2D eigenvalue weighted by Crippen LogP contribution is 2.16. The minimum absolute atomic E-state index is 0.730. The summed E-state index contributed by atoms with van der Waals surface area (Å²) in [6.45, 7) is 11.9. The van der Waals surface area contributed by atoms with Gasteiger partial charge in [0.15, 0.2) is 0 Å². The minimum atomic E-state index is 0.730. The van der Waals surface area contributed by atoms with Crippen molar-refractivity contribution >= 4 is 15.9 Å². The van der Waals surface area contributed by atoms with Crippen LogP contribution in [-0.4, -0.2) is 53.9 Å². The van der Waals surface area contributed by atoms with Gasteiger partial charge in [-0.15, -0.1) is 0 Å². The van der Waals surface area contributed by atoms with E-state index in [2.05, 4.69) is 39.6 Å². The molecule has 1 saturated heterocycles. The number of rotatable bonds is 5. The maximum Gasteiger partial charge on any atom is 0.0273 e. The van der Waals surface area contributed by atoms with E-state index in [1.54, 1.807) is 0 Å². The molecule has 0 aliphatic carbocycles. The molecule has 1 rings (SSSR count). The highest BCUT2D eigenvalue weighted by Gasteiger charge is 2.17. The SMILES string of the molecule is CCN(CC)CCN1CCCC(Br)C1. The zero-order valence-corrected chi connectivity index (χ0v) is 11.1. The van der Waals surface area contributed by atoms with Gasteiger partial charge in [0.1, 0.15) is 0 Å². The van der Waals surface area contributed by atoms with Gasteiger partial charge in [0.05, 0.1) is 0 Å². The largest absolute Gasteiger partial charge is 0.303 e. The molecule has 0 spiro atoms. The van der Waals surface area contributed by atoms with Crippen molar-refractivity contribution in [1.29, 1.82) is 0 Å². The van der Waals surface area contributed by atoms with Gasteiger partial charge in [-0.2, -0.15) is 0 Å². The monoisotopic (exact) mass is 262 g/mol. The Kier molecular flexibility index (Phi) is 6.06. The van der Waals surface area contributed by atoms with Gasteiger partial charge in [0.2, 0.25) is 0 Å². The highest BCUT2D eigenvalue weighted by molar-refractivity contribution is 9.09. The lowest BCUT2D eigenvalue weighted by Gasteiger charge is -2.31. The molecule has 1 aliphatic heterocycles. The summed E-state index contributed by atoms with van der Waals surface area (Å²) >= 11 is 3.71. The van der Waals surface area contributed by atoms with Crippen molar-refractivity contribution in [3.05, 3.63) is 0 Å². The first-order valence-corrected chi connectivity index (χ1v) is 6.76. The molecule has 0 saturated carbocycles. The Morgan fingerprint density at radius 3 is 2.64 bits per heavy atom. The van der Waals surface area contributed by atoms with E-state index in [-0.39, 0.29) is 0 Å². The van der Waals surface area contributed by atoms with Gasteiger partial charge in [-0.05, 0) is 32.5 Å². The fourth-order valence-corrected chi connectivity index (χ4v) is 2.76. The fourth-order valence-electron chi connectivity index (χ4n) is 2.02. The predicted octanol–water partition coefficient (Wildman–Crippen LogP) is 2.19. The quantitative estimate of drug-likeness (QED) is 0.701. The molecule has 1 heterocycles. The lowest BCUT2D eigenvalue weighted by Crippen LogP contribution is -2.41. The number of likely N-dealkylation sites (tertiary alicyclic amines) is 1. The van der Waals surface area contributed by atoms with Crippen LogP contribution >= 0.6 is 15.9 Å². The van der Waals surface area contributed by atoms with E-state index in [0.29, 0.717) is 0 Å². The number of alkyl halides is 1. The Morgan fingerprint density at radius 2 is 2.07 bits per heavy atom. The molecule has 14 heavy (non-hydrogen) atoms. The number of hydrogen-bond donors (Lipinski definition) is 0. The van der Waals surface area contributed by atoms with Crippen LogP contribution in [0.25, 0.3) is 0 Å². The van der Waals surface area contributed by atoms with Crippen molar-refractivity contribution in [2.75, 3.05) is 39.3 Å². The van der Waals surface area contributed by atoms with Crippen molar-refractivity contribution in [1.82, 2.24) is 9.80 Å². The van der Waals surface area contributed by atoms with Crippen LogP contribution in [-0.2, 0) is 0 Å². The van der Waals surface area contributed by atoms with Crippen LogP contribution in [0.1, 0.15) is 26.7 Å². The summed E-state index contributed by atoms with van der Waals surface area (Å²) in [6.07, 6.45) is 2.70. The first-order chi connectivity index (χ1) is 6.76. The molecule has 0 bridgehead atoms. The molecule has 84 valence electrons. The van der Waals surface area contributed by atoms with E-state index in [1.807, 2.05) is 0 Å². The lowest BCUT2D eigenvalue weighted by atomic mass is 10.1. The molecule has 1 fully saturated rings. The molecule has 0 aromatic heterocycles. The van der Waals surface area contributed by atoms with Gasteiger partial charge < -0.3 is 9.80 Å². The Balaban J connectivity index is 2.16.